The lowest BCUT2D eigenvalue weighted by Crippen LogP contribution is -2.20. The number of nitrogens with one attached hydrogen (secondary N) is 1. The van der Waals surface area contributed by atoms with E-state index in [1.807, 2.05) is 29.1 Å². The quantitative estimate of drug-likeness (QED) is 0.679. The summed E-state index contributed by atoms with van der Waals surface area (Å²) in [7, 11) is 0. The van der Waals surface area contributed by atoms with Gasteiger partial charge in [-0.1, -0.05) is 23.7 Å². The van der Waals surface area contributed by atoms with Crippen LogP contribution in [0.3, 0.4) is 0 Å². The van der Waals surface area contributed by atoms with Crippen LogP contribution in [0.15, 0.2) is 67.0 Å². The number of aromatic nitrogens is 1. The lowest BCUT2D eigenvalue weighted by atomic mass is 10.0. The van der Waals surface area contributed by atoms with E-state index in [9.17, 15) is 13.6 Å². The summed E-state index contributed by atoms with van der Waals surface area (Å²) in [5.41, 5.74) is 1.01. The molecule has 1 aromatic heterocycles. The van der Waals surface area contributed by atoms with Gasteiger partial charge >= 0.3 is 0 Å². The molecule has 3 aromatic rings. The number of halogens is 3. The van der Waals surface area contributed by atoms with Crippen molar-refractivity contribution in [2.75, 3.05) is 5.32 Å². The van der Waals surface area contributed by atoms with E-state index in [4.69, 9.17) is 11.6 Å². The van der Waals surface area contributed by atoms with Gasteiger partial charge in [0, 0.05) is 12.4 Å². The Morgan fingerprint density at radius 2 is 1.76 bits per heavy atom. The number of carbonyl (C=O) groups is 1. The first-order valence-corrected chi connectivity index (χ1v) is 8.03. The number of benzene rings is 2. The molecule has 0 aliphatic carbocycles. The van der Waals surface area contributed by atoms with Crippen molar-refractivity contribution in [1.29, 1.82) is 0 Å². The molecule has 0 bridgehead atoms. The summed E-state index contributed by atoms with van der Waals surface area (Å²) in [6.07, 6.45) is 3.70. The van der Waals surface area contributed by atoms with Crippen LogP contribution in [0, 0.1) is 11.6 Å². The molecule has 6 heteroatoms. The zero-order chi connectivity index (χ0) is 17.8. The van der Waals surface area contributed by atoms with E-state index in [2.05, 4.69) is 5.32 Å². The molecule has 0 spiro atoms. The van der Waals surface area contributed by atoms with Crippen molar-refractivity contribution in [3.05, 3.63) is 89.2 Å². The molecule has 0 aliphatic rings. The molecule has 1 amide bonds. The van der Waals surface area contributed by atoms with Gasteiger partial charge in [-0.15, -0.1) is 0 Å². The summed E-state index contributed by atoms with van der Waals surface area (Å²) in [4.78, 5) is 12.4. The zero-order valence-electron chi connectivity index (χ0n) is 13.1. The summed E-state index contributed by atoms with van der Waals surface area (Å²) >= 11 is 5.94. The van der Waals surface area contributed by atoms with Crippen molar-refractivity contribution in [3.63, 3.8) is 0 Å². The number of anilines is 1. The Bertz CT molecular complexity index is 881. The molecule has 1 N–H and O–H groups in total. The summed E-state index contributed by atoms with van der Waals surface area (Å²) in [6, 6.07) is 13.2. The van der Waals surface area contributed by atoms with Gasteiger partial charge in [0.15, 0.2) is 0 Å². The third kappa shape index (κ3) is 4.25. The molecule has 25 heavy (non-hydrogen) atoms. The minimum Gasteiger partial charge on any atom is -0.346 e. The largest absolute Gasteiger partial charge is 0.346 e. The molecular weight excluding hydrogens is 346 g/mol. The second-order valence-corrected chi connectivity index (χ2v) is 5.98. The van der Waals surface area contributed by atoms with Crippen LogP contribution in [0.25, 0.3) is 0 Å². The molecule has 2 aromatic carbocycles. The van der Waals surface area contributed by atoms with Gasteiger partial charge in [0.25, 0.3) is 0 Å². The molecule has 1 heterocycles. The monoisotopic (exact) mass is 360 g/mol. The third-order valence-corrected chi connectivity index (χ3v) is 4.12. The van der Waals surface area contributed by atoms with Gasteiger partial charge in [0.2, 0.25) is 5.91 Å². The van der Waals surface area contributed by atoms with Crippen LogP contribution in [0.5, 0.6) is 0 Å². The molecule has 0 unspecified atom stereocenters. The average molecular weight is 361 g/mol. The fourth-order valence-electron chi connectivity index (χ4n) is 2.63. The van der Waals surface area contributed by atoms with E-state index in [1.165, 1.54) is 24.3 Å². The van der Waals surface area contributed by atoms with Gasteiger partial charge in [0.1, 0.15) is 11.6 Å². The van der Waals surface area contributed by atoms with E-state index in [1.54, 1.807) is 12.1 Å². The number of hydrogen-bond donors (Lipinski definition) is 1. The molecule has 0 saturated heterocycles. The molecule has 0 radical (unpaired) electrons. The first-order chi connectivity index (χ1) is 12.0. The van der Waals surface area contributed by atoms with Crippen LogP contribution in [-0.4, -0.2) is 10.5 Å². The predicted octanol–water partition coefficient (Wildman–Crippen LogP) is 5.04. The van der Waals surface area contributed by atoms with Crippen LogP contribution in [-0.2, 0) is 4.79 Å². The summed E-state index contributed by atoms with van der Waals surface area (Å²) < 4.78 is 28.5. The second-order valence-electron chi connectivity index (χ2n) is 5.58. The Hall–Kier alpha value is -2.66. The Labute approximate surface area is 148 Å². The van der Waals surface area contributed by atoms with E-state index in [-0.39, 0.29) is 29.2 Å². The summed E-state index contributed by atoms with van der Waals surface area (Å²) in [5, 5.41) is 2.79. The molecular formula is C19H15ClF2N2O. The molecule has 3 nitrogen and oxygen atoms in total. The van der Waals surface area contributed by atoms with Crippen molar-refractivity contribution >= 4 is 23.2 Å². The Morgan fingerprint density at radius 1 is 1.04 bits per heavy atom. The van der Waals surface area contributed by atoms with Gasteiger partial charge in [-0.3, -0.25) is 4.79 Å². The number of hydrogen-bond acceptors (Lipinski definition) is 1. The van der Waals surface area contributed by atoms with Crippen molar-refractivity contribution in [2.45, 2.75) is 12.5 Å². The van der Waals surface area contributed by atoms with Gasteiger partial charge in [-0.05, 0) is 48.0 Å². The Morgan fingerprint density at radius 3 is 2.44 bits per heavy atom. The standard InChI is InChI=1S/C19H15ClF2N2O/c20-16-11-15(22)6-7-17(16)23-19(25)12-18(24-8-1-2-9-24)13-4-3-5-14(21)10-13/h1-11,18H,12H2,(H,23,25)/t18-/m0/s1. The molecule has 128 valence electrons. The lowest BCUT2D eigenvalue weighted by Gasteiger charge is -2.19. The van der Waals surface area contributed by atoms with Crippen molar-refractivity contribution < 1.29 is 13.6 Å². The van der Waals surface area contributed by atoms with E-state index in [0.29, 0.717) is 11.3 Å². The first kappa shape index (κ1) is 17.2. The normalized spacial score (nSPS) is 12.0. The maximum absolute atomic E-state index is 13.6. The van der Waals surface area contributed by atoms with E-state index in [0.717, 1.165) is 6.07 Å². The fraction of sp³-hybridized carbons (Fsp3) is 0.105. The summed E-state index contributed by atoms with van der Waals surface area (Å²) in [5.74, 6) is -1.15. The number of nitrogens with zero attached hydrogens (tertiary/aromatic N) is 1. The van der Waals surface area contributed by atoms with Gasteiger partial charge in [-0.25, -0.2) is 8.78 Å². The third-order valence-electron chi connectivity index (χ3n) is 3.80. The minimum absolute atomic E-state index is 0.0752. The number of amides is 1. The SMILES string of the molecule is O=C(C[C@@H](c1cccc(F)c1)n1cccc1)Nc1ccc(F)cc1Cl. The topological polar surface area (TPSA) is 34.0 Å². The molecule has 0 saturated carbocycles. The first-order valence-electron chi connectivity index (χ1n) is 7.66. The van der Waals surface area contributed by atoms with Crippen molar-refractivity contribution in [3.8, 4) is 0 Å². The Kier molecular flexibility index (Phi) is 5.14. The highest BCUT2D eigenvalue weighted by molar-refractivity contribution is 6.33. The lowest BCUT2D eigenvalue weighted by molar-refractivity contribution is -0.116. The smallest absolute Gasteiger partial charge is 0.226 e. The maximum atomic E-state index is 13.6. The highest BCUT2D eigenvalue weighted by atomic mass is 35.5. The Balaban J connectivity index is 1.82. The van der Waals surface area contributed by atoms with Crippen LogP contribution in [0.2, 0.25) is 5.02 Å². The maximum Gasteiger partial charge on any atom is 0.226 e. The number of carbonyl (C=O) groups excluding carboxylic acids is 1. The van der Waals surface area contributed by atoms with Gasteiger partial charge < -0.3 is 9.88 Å². The second kappa shape index (κ2) is 7.49. The zero-order valence-corrected chi connectivity index (χ0v) is 13.9. The van der Waals surface area contributed by atoms with Crippen LogP contribution < -0.4 is 5.32 Å². The van der Waals surface area contributed by atoms with Crippen LogP contribution in [0.4, 0.5) is 14.5 Å². The highest BCUT2D eigenvalue weighted by Gasteiger charge is 2.18. The van der Waals surface area contributed by atoms with Crippen LogP contribution in [0.1, 0.15) is 18.0 Å². The van der Waals surface area contributed by atoms with Gasteiger partial charge in [0.05, 0.1) is 23.2 Å². The fourth-order valence-corrected chi connectivity index (χ4v) is 2.85. The minimum atomic E-state index is -0.479. The van der Waals surface area contributed by atoms with E-state index >= 15 is 0 Å². The van der Waals surface area contributed by atoms with Crippen LogP contribution >= 0.6 is 11.6 Å². The van der Waals surface area contributed by atoms with Crippen molar-refractivity contribution in [2.24, 2.45) is 0 Å². The van der Waals surface area contributed by atoms with Gasteiger partial charge in [-0.2, -0.15) is 0 Å². The highest BCUT2D eigenvalue weighted by Crippen LogP contribution is 2.26. The van der Waals surface area contributed by atoms with Crippen molar-refractivity contribution in [1.82, 2.24) is 4.57 Å². The molecule has 1 atom stereocenters. The molecule has 0 fully saturated rings. The predicted molar refractivity (Wildman–Crippen MR) is 93.6 cm³/mol. The average Bonchev–Trinajstić information content (AvgIpc) is 3.09. The molecule has 0 aliphatic heterocycles. The van der Waals surface area contributed by atoms with E-state index < -0.39 is 5.82 Å². The number of rotatable bonds is 5. The summed E-state index contributed by atoms with van der Waals surface area (Å²) in [6.45, 7) is 0. The molecule has 3 rings (SSSR count).